The van der Waals surface area contributed by atoms with E-state index >= 15 is 0 Å². The van der Waals surface area contributed by atoms with Crippen molar-refractivity contribution >= 4 is 40.7 Å². The lowest BCUT2D eigenvalue weighted by molar-refractivity contribution is -0.123. The number of benzene rings is 1. The van der Waals surface area contributed by atoms with Gasteiger partial charge in [-0.3, -0.25) is 14.9 Å². The number of carbonyl (C=O) groups excluding carboxylic acids is 2. The smallest absolute Gasteiger partial charge is 0.245 e. The molecule has 0 fully saturated rings. The number of anilines is 1. The van der Waals surface area contributed by atoms with Crippen LogP contribution in [0.4, 0.5) is 5.13 Å². The van der Waals surface area contributed by atoms with Crippen molar-refractivity contribution in [3.8, 4) is 0 Å². The van der Waals surface area contributed by atoms with E-state index in [-0.39, 0.29) is 42.7 Å². The first-order chi connectivity index (χ1) is 10.9. The molecule has 0 aliphatic carbocycles. The van der Waals surface area contributed by atoms with Crippen molar-refractivity contribution in [2.24, 2.45) is 5.73 Å². The van der Waals surface area contributed by atoms with Gasteiger partial charge in [-0.15, -0.1) is 22.6 Å². The topological polar surface area (TPSA) is 110 Å². The first-order valence-electron chi connectivity index (χ1n) is 7.09. The van der Waals surface area contributed by atoms with Crippen LogP contribution in [0, 0.1) is 0 Å². The first kappa shape index (κ1) is 20.0. The molecule has 24 heavy (non-hydrogen) atoms. The SMILES string of the molecule is CC(C)(c1ccccc1)c1nnc(NC(=O)CNC(=O)CN)s1.Cl. The molecule has 0 aliphatic rings. The Bertz CT molecular complexity index is 690. The lowest BCUT2D eigenvalue weighted by atomic mass is 9.85. The monoisotopic (exact) mass is 369 g/mol. The lowest BCUT2D eigenvalue weighted by Gasteiger charge is -2.21. The Hall–Kier alpha value is -2.03. The maximum atomic E-state index is 11.7. The van der Waals surface area contributed by atoms with Crippen molar-refractivity contribution in [2.75, 3.05) is 18.4 Å². The number of rotatable bonds is 6. The molecule has 0 radical (unpaired) electrons. The molecule has 0 saturated carbocycles. The zero-order chi connectivity index (χ0) is 16.9. The second kappa shape index (κ2) is 8.72. The van der Waals surface area contributed by atoms with Crippen molar-refractivity contribution < 1.29 is 9.59 Å². The average molecular weight is 370 g/mol. The van der Waals surface area contributed by atoms with Crippen LogP contribution in [0.5, 0.6) is 0 Å². The average Bonchev–Trinajstić information content (AvgIpc) is 3.02. The fraction of sp³-hybridized carbons (Fsp3) is 0.333. The van der Waals surface area contributed by atoms with Gasteiger partial charge in [0.25, 0.3) is 0 Å². The van der Waals surface area contributed by atoms with Crippen molar-refractivity contribution in [1.29, 1.82) is 0 Å². The minimum absolute atomic E-state index is 0. The van der Waals surface area contributed by atoms with E-state index in [2.05, 4.69) is 34.7 Å². The van der Waals surface area contributed by atoms with Crippen LogP contribution in [-0.2, 0) is 15.0 Å². The Balaban J connectivity index is 0.00000288. The summed E-state index contributed by atoms with van der Waals surface area (Å²) >= 11 is 1.31. The maximum Gasteiger partial charge on any atom is 0.245 e. The Kier molecular flexibility index (Phi) is 7.27. The minimum Gasteiger partial charge on any atom is -0.346 e. The summed E-state index contributed by atoms with van der Waals surface area (Å²) < 4.78 is 0. The Morgan fingerprint density at radius 1 is 1.17 bits per heavy atom. The number of nitrogens with two attached hydrogens (primary N) is 1. The van der Waals surface area contributed by atoms with Gasteiger partial charge in [0, 0.05) is 5.41 Å². The Morgan fingerprint density at radius 3 is 2.46 bits per heavy atom. The third-order valence-corrected chi connectivity index (χ3v) is 4.50. The normalized spacial score (nSPS) is 10.6. The molecular weight excluding hydrogens is 350 g/mol. The number of hydrogen-bond acceptors (Lipinski definition) is 6. The molecule has 130 valence electrons. The van der Waals surface area contributed by atoms with Gasteiger partial charge in [0.05, 0.1) is 13.1 Å². The summed E-state index contributed by atoms with van der Waals surface area (Å²) in [5.41, 5.74) is 5.96. The van der Waals surface area contributed by atoms with E-state index in [0.29, 0.717) is 5.13 Å². The summed E-state index contributed by atoms with van der Waals surface area (Å²) in [6.45, 7) is 3.81. The van der Waals surface area contributed by atoms with E-state index in [0.717, 1.165) is 10.6 Å². The molecule has 1 aromatic carbocycles. The highest BCUT2D eigenvalue weighted by Gasteiger charge is 2.27. The quantitative estimate of drug-likeness (QED) is 0.710. The van der Waals surface area contributed by atoms with Gasteiger partial charge in [-0.25, -0.2) is 0 Å². The maximum absolute atomic E-state index is 11.7. The zero-order valence-corrected chi connectivity index (χ0v) is 15.0. The fourth-order valence-corrected chi connectivity index (χ4v) is 2.80. The van der Waals surface area contributed by atoms with E-state index in [1.54, 1.807) is 0 Å². The largest absolute Gasteiger partial charge is 0.346 e. The van der Waals surface area contributed by atoms with Gasteiger partial charge in [-0.05, 0) is 19.4 Å². The zero-order valence-electron chi connectivity index (χ0n) is 13.4. The molecule has 9 heteroatoms. The Labute approximate surface area is 150 Å². The highest BCUT2D eigenvalue weighted by Crippen LogP contribution is 2.34. The van der Waals surface area contributed by atoms with E-state index in [9.17, 15) is 9.59 Å². The summed E-state index contributed by atoms with van der Waals surface area (Å²) in [5.74, 6) is -0.754. The predicted molar refractivity (Wildman–Crippen MR) is 96.4 cm³/mol. The van der Waals surface area contributed by atoms with E-state index < -0.39 is 0 Å². The summed E-state index contributed by atoms with van der Waals surface area (Å²) in [5, 5.41) is 14.4. The molecule has 1 aromatic heterocycles. The van der Waals surface area contributed by atoms with Crippen LogP contribution >= 0.6 is 23.7 Å². The Morgan fingerprint density at radius 2 is 1.83 bits per heavy atom. The number of amides is 2. The third kappa shape index (κ3) is 4.98. The highest BCUT2D eigenvalue weighted by atomic mass is 35.5. The second-order valence-corrected chi connectivity index (χ2v) is 6.41. The fourth-order valence-electron chi connectivity index (χ4n) is 1.92. The van der Waals surface area contributed by atoms with Crippen molar-refractivity contribution in [1.82, 2.24) is 15.5 Å². The summed E-state index contributed by atoms with van der Waals surface area (Å²) in [6.07, 6.45) is 0. The molecular formula is C15H20ClN5O2S. The van der Waals surface area contributed by atoms with E-state index in [1.165, 1.54) is 11.3 Å². The number of nitrogens with one attached hydrogen (secondary N) is 2. The van der Waals surface area contributed by atoms with Gasteiger partial charge in [0.2, 0.25) is 16.9 Å². The van der Waals surface area contributed by atoms with Crippen molar-refractivity contribution in [3.63, 3.8) is 0 Å². The van der Waals surface area contributed by atoms with Gasteiger partial charge in [-0.2, -0.15) is 0 Å². The van der Waals surface area contributed by atoms with Crippen LogP contribution in [-0.4, -0.2) is 35.1 Å². The van der Waals surface area contributed by atoms with Crippen LogP contribution in [0.1, 0.15) is 24.4 Å². The van der Waals surface area contributed by atoms with Gasteiger partial charge in [-0.1, -0.05) is 41.7 Å². The van der Waals surface area contributed by atoms with E-state index in [4.69, 9.17) is 5.73 Å². The summed E-state index contributed by atoms with van der Waals surface area (Å²) in [7, 11) is 0. The highest BCUT2D eigenvalue weighted by molar-refractivity contribution is 7.15. The molecule has 4 N–H and O–H groups in total. The summed E-state index contributed by atoms with van der Waals surface area (Å²) in [4.78, 5) is 22.8. The second-order valence-electron chi connectivity index (χ2n) is 5.43. The third-order valence-electron chi connectivity index (χ3n) is 3.33. The van der Waals surface area contributed by atoms with E-state index in [1.807, 2.05) is 30.3 Å². The summed E-state index contributed by atoms with van der Waals surface area (Å²) in [6, 6.07) is 9.97. The number of carbonyl (C=O) groups is 2. The standard InChI is InChI=1S/C15H19N5O2S.ClH/c1-15(2,10-6-4-3-5-7-10)13-19-20-14(23-13)18-12(22)9-17-11(21)8-16;/h3-7H,8-9,16H2,1-2H3,(H,17,21)(H,18,20,22);1H. The van der Waals surface area contributed by atoms with Crippen molar-refractivity contribution in [2.45, 2.75) is 19.3 Å². The number of halogens is 1. The molecule has 0 spiro atoms. The number of hydrogen-bond donors (Lipinski definition) is 3. The molecule has 1 heterocycles. The molecule has 0 bridgehead atoms. The van der Waals surface area contributed by atoms with Crippen molar-refractivity contribution in [3.05, 3.63) is 40.9 Å². The lowest BCUT2D eigenvalue weighted by Crippen LogP contribution is -2.36. The van der Waals surface area contributed by atoms with Gasteiger partial charge < -0.3 is 11.1 Å². The predicted octanol–water partition coefficient (Wildman–Crippen LogP) is 1.30. The molecule has 2 aromatic rings. The molecule has 0 atom stereocenters. The molecule has 2 rings (SSSR count). The van der Waals surface area contributed by atoms with Crippen LogP contribution in [0.2, 0.25) is 0 Å². The molecule has 0 aliphatic heterocycles. The minimum atomic E-state index is -0.386. The molecule has 2 amide bonds. The van der Waals surface area contributed by atoms with Crippen LogP contribution in [0.25, 0.3) is 0 Å². The van der Waals surface area contributed by atoms with Gasteiger partial charge in [0.1, 0.15) is 5.01 Å². The van der Waals surface area contributed by atoms with Crippen LogP contribution < -0.4 is 16.4 Å². The van der Waals surface area contributed by atoms with Crippen LogP contribution in [0.15, 0.2) is 30.3 Å². The molecule has 0 saturated heterocycles. The first-order valence-corrected chi connectivity index (χ1v) is 7.91. The van der Waals surface area contributed by atoms with Gasteiger partial charge in [0.15, 0.2) is 0 Å². The number of aromatic nitrogens is 2. The number of nitrogens with zero attached hydrogens (tertiary/aromatic N) is 2. The van der Waals surface area contributed by atoms with Gasteiger partial charge >= 0.3 is 0 Å². The molecule has 7 nitrogen and oxygen atoms in total. The molecule has 0 unspecified atom stereocenters. The van der Waals surface area contributed by atoms with Crippen LogP contribution in [0.3, 0.4) is 0 Å².